The van der Waals surface area contributed by atoms with Gasteiger partial charge in [0.2, 0.25) is 0 Å². The lowest BCUT2D eigenvalue weighted by atomic mass is 10.1. The third kappa shape index (κ3) is 3.30. The first-order chi connectivity index (χ1) is 9.60. The average Bonchev–Trinajstić information content (AvgIpc) is 2.84. The molecule has 0 aliphatic rings. The maximum absolute atomic E-state index is 10.7. The van der Waals surface area contributed by atoms with Crippen LogP contribution in [0.25, 0.3) is 0 Å². The lowest BCUT2D eigenvalue weighted by Crippen LogP contribution is -2.06. The second kappa shape index (κ2) is 6.12. The SMILES string of the molecule is Cc1csc(CCNc2ccc([N+](=O)[O-])cc2C#N)n1. The minimum Gasteiger partial charge on any atom is -0.384 e. The third-order valence-electron chi connectivity index (χ3n) is 2.66. The molecule has 20 heavy (non-hydrogen) atoms. The number of anilines is 1. The van der Waals surface area contributed by atoms with E-state index in [1.54, 1.807) is 17.4 Å². The van der Waals surface area contributed by atoms with E-state index in [2.05, 4.69) is 10.3 Å². The Bertz CT molecular complexity index is 675. The molecule has 2 aromatic rings. The number of aryl methyl sites for hydroxylation is 1. The van der Waals surface area contributed by atoms with Crippen molar-refractivity contribution < 1.29 is 4.92 Å². The van der Waals surface area contributed by atoms with E-state index in [-0.39, 0.29) is 11.3 Å². The van der Waals surface area contributed by atoms with Gasteiger partial charge in [0.15, 0.2) is 0 Å². The van der Waals surface area contributed by atoms with E-state index in [1.807, 2.05) is 18.4 Å². The zero-order chi connectivity index (χ0) is 14.5. The Hall–Kier alpha value is -2.46. The largest absolute Gasteiger partial charge is 0.384 e. The molecule has 0 bridgehead atoms. The van der Waals surface area contributed by atoms with E-state index in [4.69, 9.17) is 5.26 Å². The van der Waals surface area contributed by atoms with Crippen LogP contribution in [0.1, 0.15) is 16.3 Å². The van der Waals surface area contributed by atoms with Gasteiger partial charge in [-0.2, -0.15) is 5.26 Å². The van der Waals surface area contributed by atoms with Crippen molar-refractivity contribution in [1.29, 1.82) is 5.26 Å². The molecule has 0 saturated heterocycles. The molecular formula is C13H12N4O2S. The summed E-state index contributed by atoms with van der Waals surface area (Å²) in [5, 5.41) is 25.8. The summed E-state index contributed by atoms with van der Waals surface area (Å²) in [6.45, 7) is 2.57. The van der Waals surface area contributed by atoms with Crippen LogP contribution in [0.3, 0.4) is 0 Å². The van der Waals surface area contributed by atoms with Crippen molar-refractivity contribution in [3.05, 3.63) is 50.0 Å². The normalized spacial score (nSPS) is 10.0. The molecule has 0 unspecified atom stereocenters. The van der Waals surface area contributed by atoms with Crippen molar-refractivity contribution >= 4 is 22.7 Å². The monoisotopic (exact) mass is 288 g/mol. The number of nitro benzene ring substituents is 1. The maximum Gasteiger partial charge on any atom is 0.270 e. The molecule has 0 amide bonds. The highest BCUT2D eigenvalue weighted by molar-refractivity contribution is 7.09. The molecule has 0 atom stereocenters. The zero-order valence-electron chi connectivity index (χ0n) is 10.8. The van der Waals surface area contributed by atoms with E-state index >= 15 is 0 Å². The number of hydrogen-bond donors (Lipinski definition) is 1. The fourth-order valence-electron chi connectivity index (χ4n) is 1.71. The summed E-state index contributed by atoms with van der Waals surface area (Å²) in [4.78, 5) is 14.5. The second-order valence-electron chi connectivity index (χ2n) is 4.16. The van der Waals surface area contributed by atoms with Crippen molar-refractivity contribution in [2.24, 2.45) is 0 Å². The Morgan fingerprint density at radius 3 is 2.95 bits per heavy atom. The minimum absolute atomic E-state index is 0.0809. The number of nitrogens with zero attached hydrogens (tertiary/aromatic N) is 3. The molecule has 0 aliphatic heterocycles. The Kier molecular flexibility index (Phi) is 4.27. The van der Waals surface area contributed by atoms with E-state index in [1.165, 1.54) is 12.1 Å². The quantitative estimate of drug-likeness (QED) is 0.674. The number of nitrogens with one attached hydrogen (secondary N) is 1. The van der Waals surface area contributed by atoms with Crippen LogP contribution in [-0.4, -0.2) is 16.5 Å². The molecule has 0 radical (unpaired) electrons. The molecule has 2 rings (SSSR count). The number of hydrogen-bond acceptors (Lipinski definition) is 6. The molecule has 0 saturated carbocycles. The number of non-ortho nitro benzene ring substituents is 1. The van der Waals surface area contributed by atoms with Crippen LogP contribution in [0.15, 0.2) is 23.6 Å². The highest BCUT2D eigenvalue weighted by Gasteiger charge is 2.10. The van der Waals surface area contributed by atoms with Gasteiger partial charge in [0, 0.05) is 36.2 Å². The Labute approximate surface area is 119 Å². The number of thiazole rings is 1. The lowest BCUT2D eigenvalue weighted by Gasteiger charge is -2.06. The van der Waals surface area contributed by atoms with Gasteiger partial charge >= 0.3 is 0 Å². The van der Waals surface area contributed by atoms with Gasteiger partial charge in [-0.05, 0) is 13.0 Å². The summed E-state index contributed by atoms with van der Waals surface area (Å²) in [5.74, 6) is 0. The van der Waals surface area contributed by atoms with Crippen molar-refractivity contribution in [1.82, 2.24) is 4.98 Å². The summed E-state index contributed by atoms with van der Waals surface area (Å²) in [7, 11) is 0. The molecular weight excluding hydrogens is 276 g/mol. The smallest absolute Gasteiger partial charge is 0.270 e. The highest BCUT2D eigenvalue weighted by atomic mass is 32.1. The van der Waals surface area contributed by atoms with Gasteiger partial charge in [-0.25, -0.2) is 4.98 Å². The molecule has 102 valence electrons. The lowest BCUT2D eigenvalue weighted by molar-refractivity contribution is -0.384. The van der Waals surface area contributed by atoms with E-state index < -0.39 is 4.92 Å². The standard InChI is InChI=1S/C13H12N4O2S/c1-9-8-20-13(16-9)4-5-15-12-3-2-11(17(18)19)6-10(12)7-14/h2-3,6,8,15H,4-5H2,1H3. The predicted molar refractivity (Wildman–Crippen MR) is 76.9 cm³/mol. The molecule has 1 aromatic carbocycles. The van der Waals surface area contributed by atoms with E-state index in [0.717, 1.165) is 17.1 Å². The van der Waals surface area contributed by atoms with Gasteiger partial charge in [-0.3, -0.25) is 10.1 Å². The predicted octanol–water partition coefficient (Wildman–Crippen LogP) is 2.89. The van der Waals surface area contributed by atoms with Crippen molar-refractivity contribution in [2.75, 3.05) is 11.9 Å². The Morgan fingerprint density at radius 1 is 1.55 bits per heavy atom. The number of aromatic nitrogens is 1. The zero-order valence-corrected chi connectivity index (χ0v) is 11.6. The van der Waals surface area contributed by atoms with E-state index in [0.29, 0.717) is 12.2 Å². The van der Waals surface area contributed by atoms with Crippen LogP contribution in [0.4, 0.5) is 11.4 Å². The fourth-order valence-corrected chi connectivity index (χ4v) is 2.49. The highest BCUT2D eigenvalue weighted by Crippen LogP contribution is 2.21. The molecule has 0 spiro atoms. The van der Waals surface area contributed by atoms with Gasteiger partial charge in [-0.1, -0.05) is 0 Å². The summed E-state index contributed by atoms with van der Waals surface area (Å²) < 4.78 is 0. The van der Waals surface area contributed by atoms with Gasteiger partial charge in [0.1, 0.15) is 6.07 Å². The van der Waals surface area contributed by atoms with Gasteiger partial charge < -0.3 is 5.32 Å². The first-order valence-electron chi connectivity index (χ1n) is 5.93. The molecule has 0 fully saturated rings. The summed E-state index contributed by atoms with van der Waals surface area (Å²) in [6.07, 6.45) is 0.750. The van der Waals surface area contributed by atoms with Gasteiger partial charge in [0.05, 0.1) is 21.2 Å². The topological polar surface area (TPSA) is 91.9 Å². The van der Waals surface area contributed by atoms with Crippen LogP contribution in [0, 0.1) is 28.4 Å². The van der Waals surface area contributed by atoms with Crippen LogP contribution < -0.4 is 5.32 Å². The van der Waals surface area contributed by atoms with Crippen LogP contribution in [0.5, 0.6) is 0 Å². The first-order valence-corrected chi connectivity index (χ1v) is 6.81. The molecule has 6 nitrogen and oxygen atoms in total. The minimum atomic E-state index is -0.511. The third-order valence-corrected chi connectivity index (χ3v) is 3.68. The Balaban J connectivity index is 2.02. The van der Waals surface area contributed by atoms with Crippen molar-refractivity contribution in [3.8, 4) is 6.07 Å². The second-order valence-corrected chi connectivity index (χ2v) is 5.10. The van der Waals surface area contributed by atoms with Crippen molar-refractivity contribution in [3.63, 3.8) is 0 Å². The summed E-state index contributed by atoms with van der Waals surface area (Å²) >= 11 is 1.60. The summed E-state index contributed by atoms with van der Waals surface area (Å²) in [5.41, 5.74) is 1.79. The van der Waals surface area contributed by atoms with E-state index in [9.17, 15) is 10.1 Å². The molecule has 1 aromatic heterocycles. The first kappa shape index (κ1) is 14.0. The van der Waals surface area contributed by atoms with Gasteiger partial charge in [-0.15, -0.1) is 11.3 Å². The molecule has 7 heteroatoms. The number of rotatable bonds is 5. The molecule has 1 heterocycles. The number of nitriles is 1. The van der Waals surface area contributed by atoms with Crippen LogP contribution >= 0.6 is 11.3 Å². The average molecular weight is 288 g/mol. The van der Waals surface area contributed by atoms with Crippen LogP contribution in [-0.2, 0) is 6.42 Å². The van der Waals surface area contributed by atoms with Crippen molar-refractivity contribution in [2.45, 2.75) is 13.3 Å². The fraction of sp³-hybridized carbons (Fsp3) is 0.231. The Morgan fingerprint density at radius 2 is 2.35 bits per heavy atom. The number of benzene rings is 1. The number of nitro groups is 1. The van der Waals surface area contributed by atoms with Gasteiger partial charge in [0.25, 0.3) is 5.69 Å². The maximum atomic E-state index is 10.7. The molecule has 0 aliphatic carbocycles. The summed E-state index contributed by atoms with van der Waals surface area (Å²) in [6, 6.07) is 6.18. The molecule has 1 N–H and O–H groups in total. The van der Waals surface area contributed by atoms with Crippen LogP contribution in [0.2, 0.25) is 0 Å².